The van der Waals surface area contributed by atoms with Gasteiger partial charge in [0, 0.05) is 0 Å². The third kappa shape index (κ3) is 4.82. The highest BCUT2D eigenvalue weighted by atomic mass is 32.3. The van der Waals surface area contributed by atoms with E-state index in [9.17, 15) is 95.7 Å². The lowest BCUT2D eigenvalue weighted by molar-refractivity contribution is -0.441. The zero-order chi connectivity index (χ0) is 30.9. The summed E-state index contributed by atoms with van der Waals surface area (Å²) in [5.74, 6) is -47.0. The maximum atomic E-state index is 14.0. The molecular weight excluding hydrogens is 644 g/mol. The standard InChI is InChI=1S/C14H2F20O2S2/c15-4-2-6(37-13(30,31)14(32,33)38(34,35)36)5(16)1-3(4)7(17,18)8(19,20)9(21,22)10(23,24)11(25,26)12(27,28)29/h1-2H. The third-order valence-electron chi connectivity index (χ3n) is 4.18. The molecule has 0 aliphatic heterocycles. The number of alkyl halides is 17. The highest BCUT2D eigenvalue weighted by Crippen LogP contribution is 2.62. The van der Waals surface area contributed by atoms with Crippen molar-refractivity contribution >= 4 is 22.0 Å². The van der Waals surface area contributed by atoms with E-state index in [1.165, 1.54) is 0 Å². The summed E-state index contributed by atoms with van der Waals surface area (Å²) in [7, 11) is -7.54. The molecule has 0 bridgehead atoms. The summed E-state index contributed by atoms with van der Waals surface area (Å²) in [6.45, 7) is 0. The second-order valence-corrected chi connectivity index (χ2v) is 9.25. The van der Waals surface area contributed by atoms with Gasteiger partial charge in [-0.05, 0) is 23.9 Å². The Hall–Kier alpha value is -1.88. The molecule has 1 aromatic carbocycles. The van der Waals surface area contributed by atoms with E-state index in [1.54, 1.807) is 0 Å². The molecule has 0 aliphatic carbocycles. The van der Waals surface area contributed by atoms with Crippen molar-refractivity contribution in [1.29, 1.82) is 0 Å². The van der Waals surface area contributed by atoms with Crippen LogP contribution < -0.4 is 0 Å². The van der Waals surface area contributed by atoms with E-state index in [1.807, 2.05) is 0 Å². The first-order valence-electron chi connectivity index (χ1n) is 8.10. The highest BCUT2D eigenvalue weighted by Gasteiger charge is 2.91. The van der Waals surface area contributed by atoms with Gasteiger partial charge in [-0.1, -0.05) is 3.89 Å². The minimum atomic E-state index is -8.44. The average molecular weight is 646 g/mol. The molecule has 0 radical (unpaired) electrons. The first-order chi connectivity index (χ1) is 16.3. The van der Waals surface area contributed by atoms with Crippen LogP contribution in [-0.4, -0.2) is 48.8 Å². The van der Waals surface area contributed by atoms with Crippen molar-refractivity contribution in [3.63, 3.8) is 0 Å². The Morgan fingerprint density at radius 2 is 0.974 bits per heavy atom. The van der Waals surface area contributed by atoms with Gasteiger partial charge in [-0.25, -0.2) is 8.78 Å². The van der Waals surface area contributed by atoms with Gasteiger partial charge < -0.3 is 0 Å². The molecule has 0 aromatic heterocycles. The normalized spacial score (nSPS) is 15.7. The van der Waals surface area contributed by atoms with Gasteiger partial charge in [0.1, 0.15) is 11.6 Å². The minimum absolute atomic E-state index is 1.26. The van der Waals surface area contributed by atoms with Crippen LogP contribution in [0.2, 0.25) is 0 Å². The van der Waals surface area contributed by atoms with Crippen LogP contribution in [0.15, 0.2) is 17.0 Å². The van der Waals surface area contributed by atoms with E-state index >= 15 is 0 Å². The van der Waals surface area contributed by atoms with Gasteiger partial charge in [0.15, 0.2) is 0 Å². The van der Waals surface area contributed by atoms with Crippen molar-refractivity contribution in [2.45, 2.75) is 51.2 Å². The molecule has 0 spiro atoms. The molecule has 0 aliphatic rings. The fourth-order valence-electron chi connectivity index (χ4n) is 2.13. The Labute approximate surface area is 199 Å². The largest absolute Gasteiger partial charge is 0.460 e. The molecule has 38 heavy (non-hydrogen) atoms. The van der Waals surface area contributed by atoms with Gasteiger partial charge in [0.25, 0.3) is 0 Å². The number of hydrogen-bond acceptors (Lipinski definition) is 3. The van der Waals surface area contributed by atoms with Crippen LogP contribution in [0.25, 0.3) is 0 Å². The summed E-state index contributed by atoms with van der Waals surface area (Å²) in [6.07, 6.45) is -7.78. The van der Waals surface area contributed by atoms with Gasteiger partial charge in [-0.3, -0.25) is 0 Å². The summed E-state index contributed by atoms with van der Waals surface area (Å²) < 4.78 is 284. The number of thioether (sulfide) groups is 1. The van der Waals surface area contributed by atoms with Crippen LogP contribution >= 0.6 is 11.8 Å². The summed E-state index contributed by atoms with van der Waals surface area (Å²) in [4.78, 5) is -2.46. The Morgan fingerprint density at radius 1 is 0.579 bits per heavy atom. The summed E-state index contributed by atoms with van der Waals surface area (Å²) in [5, 5.41) is -13.1. The Morgan fingerprint density at radius 3 is 1.34 bits per heavy atom. The van der Waals surface area contributed by atoms with Crippen LogP contribution in [0.5, 0.6) is 0 Å². The van der Waals surface area contributed by atoms with E-state index < -0.39 is 103 Å². The summed E-state index contributed by atoms with van der Waals surface area (Å²) in [5.41, 5.74) is -3.59. The molecule has 0 N–H and O–H groups in total. The molecule has 0 unspecified atom stereocenters. The van der Waals surface area contributed by atoms with Crippen molar-refractivity contribution in [2.75, 3.05) is 0 Å². The molecule has 24 heteroatoms. The predicted octanol–water partition coefficient (Wildman–Crippen LogP) is 7.74. The minimum Gasteiger partial charge on any atom is -0.206 e. The fraction of sp³-hybridized carbons (Fsp3) is 0.571. The molecule has 0 fully saturated rings. The maximum absolute atomic E-state index is 14.0. The Balaban J connectivity index is 3.71. The molecule has 0 saturated carbocycles. The summed E-state index contributed by atoms with van der Waals surface area (Å²) in [6, 6.07) is -2.81. The van der Waals surface area contributed by atoms with E-state index in [4.69, 9.17) is 0 Å². The molecule has 0 amide bonds. The molecule has 2 nitrogen and oxygen atoms in total. The van der Waals surface area contributed by atoms with Crippen LogP contribution in [0.3, 0.4) is 0 Å². The lowest BCUT2D eigenvalue weighted by Gasteiger charge is -2.39. The number of rotatable bonds is 9. The lowest BCUT2D eigenvalue weighted by Crippen LogP contribution is -2.69. The Kier molecular flexibility index (Phi) is 8.16. The lowest BCUT2D eigenvalue weighted by atomic mass is 9.90. The second kappa shape index (κ2) is 9.08. The number of benzene rings is 1. The fourth-order valence-corrected chi connectivity index (χ4v) is 3.55. The average Bonchev–Trinajstić information content (AvgIpc) is 2.67. The second-order valence-electron chi connectivity index (χ2n) is 6.71. The zero-order valence-electron chi connectivity index (χ0n) is 16.3. The van der Waals surface area contributed by atoms with E-state index in [2.05, 4.69) is 0 Å². The van der Waals surface area contributed by atoms with Gasteiger partial charge >= 0.3 is 56.5 Å². The first-order valence-corrected chi connectivity index (χ1v) is 10.3. The van der Waals surface area contributed by atoms with E-state index in [0.717, 1.165) is 0 Å². The molecule has 0 atom stereocenters. The zero-order valence-corrected chi connectivity index (χ0v) is 18.0. The molecule has 1 rings (SSSR count). The van der Waals surface area contributed by atoms with Crippen LogP contribution in [0.1, 0.15) is 5.56 Å². The predicted molar refractivity (Wildman–Crippen MR) is 81.9 cm³/mol. The van der Waals surface area contributed by atoms with Crippen molar-refractivity contribution in [3.05, 3.63) is 29.3 Å². The van der Waals surface area contributed by atoms with Gasteiger partial charge in [-0.2, -0.15) is 83.1 Å². The first kappa shape index (κ1) is 34.1. The summed E-state index contributed by atoms with van der Waals surface area (Å²) >= 11 is -2.18. The number of halogens is 20. The van der Waals surface area contributed by atoms with Crippen molar-refractivity contribution in [3.8, 4) is 0 Å². The van der Waals surface area contributed by atoms with E-state index in [-0.39, 0.29) is 0 Å². The molecule has 0 heterocycles. The van der Waals surface area contributed by atoms with Crippen molar-refractivity contribution < 1.29 is 95.7 Å². The van der Waals surface area contributed by atoms with Crippen LogP contribution in [0.4, 0.5) is 87.3 Å². The van der Waals surface area contributed by atoms with Crippen molar-refractivity contribution in [2.24, 2.45) is 0 Å². The molecular formula is C14H2F20O2S2. The smallest absolute Gasteiger partial charge is 0.206 e. The number of hydrogen-bond donors (Lipinski definition) is 0. The SMILES string of the molecule is O=S(=O)(F)C(F)(F)C(F)(F)Sc1cc(F)c(C(F)(F)C(F)(F)C(F)(F)C(F)(F)C(F)(F)C(F)(F)F)cc1F. The van der Waals surface area contributed by atoms with Gasteiger partial charge in [-0.15, -0.1) is 0 Å². The van der Waals surface area contributed by atoms with Crippen molar-refractivity contribution in [1.82, 2.24) is 0 Å². The monoisotopic (exact) mass is 646 g/mol. The highest BCUT2D eigenvalue weighted by molar-refractivity contribution is 8.01. The maximum Gasteiger partial charge on any atom is 0.460 e. The molecule has 0 saturated heterocycles. The van der Waals surface area contributed by atoms with Crippen LogP contribution in [-0.2, 0) is 16.1 Å². The van der Waals surface area contributed by atoms with Gasteiger partial charge in [0.2, 0.25) is 0 Å². The quantitative estimate of drug-likeness (QED) is 0.157. The third-order valence-corrected chi connectivity index (χ3v) is 6.22. The van der Waals surface area contributed by atoms with E-state index in [0.29, 0.717) is 0 Å². The van der Waals surface area contributed by atoms with Crippen LogP contribution in [0, 0.1) is 11.6 Å². The molecule has 1 aromatic rings. The topological polar surface area (TPSA) is 34.1 Å². The molecule has 222 valence electrons. The van der Waals surface area contributed by atoms with Gasteiger partial charge in [0.05, 0.1) is 10.5 Å². The Bertz CT molecular complexity index is 1170.